The number of carbonyl (C=O) groups is 3. The Labute approximate surface area is 257 Å². The van der Waals surface area contributed by atoms with Gasteiger partial charge < -0.3 is 24.5 Å². The second-order valence-corrected chi connectivity index (χ2v) is 12.1. The maximum Gasteiger partial charge on any atom is 0.407 e. The summed E-state index contributed by atoms with van der Waals surface area (Å²) in [6.07, 6.45) is 5.75. The molecule has 0 saturated heterocycles. The maximum atomic E-state index is 13.9. The number of amides is 1. The van der Waals surface area contributed by atoms with Crippen molar-refractivity contribution in [2.75, 3.05) is 7.11 Å². The Bertz CT molecular complexity index is 1590. The molecule has 0 radical (unpaired) electrons. The lowest BCUT2D eigenvalue weighted by atomic mass is 10.0. The number of nitrogens with zero attached hydrogens (tertiary/aromatic N) is 3. The zero-order valence-corrected chi connectivity index (χ0v) is 26.7. The number of benzene rings is 1. The molecule has 1 atom stereocenters. The number of aromatic carboxylic acids is 1. The van der Waals surface area contributed by atoms with E-state index in [0.717, 1.165) is 18.4 Å². The standard InChI is InChI=1S/C33H44N4O7/c1-8-9-12-23(35-32(42)44-33(4,5)6)14-15-25-27(31(40)41)28-29(37(25)17-16-21(2)3)30(39)36(20-34-28)19-26(38)22-11-10-13-24(18-22)43-7/h10-11,13,16,18,20,23H,8-9,12,14-15,17,19H2,1-7H3,(H,35,42)(H,40,41)/t23-/m1/s1. The summed E-state index contributed by atoms with van der Waals surface area (Å²) < 4.78 is 13.6. The number of Topliss-reactive ketones (excluding diaryl/α,β-unsaturated/α-hetero) is 1. The Morgan fingerprint density at radius 3 is 2.50 bits per heavy atom. The van der Waals surface area contributed by atoms with Gasteiger partial charge in [-0.3, -0.25) is 14.2 Å². The van der Waals surface area contributed by atoms with Crippen LogP contribution < -0.4 is 15.6 Å². The van der Waals surface area contributed by atoms with E-state index in [1.54, 1.807) is 49.6 Å². The molecule has 0 unspecified atom stereocenters. The van der Waals surface area contributed by atoms with Gasteiger partial charge in [-0.05, 0) is 66.0 Å². The summed E-state index contributed by atoms with van der Waals surface area (Å²) >= 11 is 0. The molecule has 2 heterocycles. The van der Waals surface area contributed by atoms with Crippen LogP contribution in [0.3, 0.4) is 0 Å². The van der Waals surface area contributed by atoms with Gasteiger partial charge in [-0.15, -0.1) is 0 Å². The molecule has 238 valence electrons. The van der Waals surface area contributed by atoms with Crippen molar-refractivity contribution in [2.45, 2.75) is 98.4 Å². The number of fused-ring (bicyclic) bond motifs is 1. The summed E-state index contributed by atoms with van der Waals surface area (Å²) in [4.78, 5) is 56.6. The molecule has 44 heavy (non-hydrogen) atoms. The molecule has 0 spiro atoms. The van der Waals surface area contributed by atoms with Crippen LogP contribution >= 0.6 is 0 Å². The van der Waals surface area contributed by atoms with Gasteiger partial charge in [-0.2, -0.15) is 0 Å². The van der Waals surface area contributed by atoms with Crippen molar-refractivity contribution in [2.24, 2.45) is 0 Å². The van der Waals surface area contributed by atoms with Crippen LogP contribution in [0.4, 0.5) is 4.79 Å². The highest BCUT2D eigenvalue weighted by atomic mass is 16.6. The quantitative estimate of drug-likeness (QED) is 0.174. The normalized spacial score (nSPS) is 12.1. The summed E-state index contributed by atoms with van der Waals surface area (Å²) in [6.45, 7) is 11.2. The fourth-order valence-corrected chi connectivity index (χ4v) is 4.95. The Balaban J connectivity index is 2.07. The largest absolute Gasteiger partial charge is 0.497 e. The van der Waals surface area contributed by atoms with E-state index in [2.05, 4.69) is 17.2 Å². The molecule has 11 heteroatoms. The molecule has 3 rings (SSSR count). The first-order valence-electron chi connectivity index (χ1n) is 14.9. The van der Waals surface area contributed by atoms with Crippen molar-refractivity contribution in [1.82, 2.24) is 19.4 Å². The zero-order chi connectivity index (χ0) is 32.6. The average molecular weight is 609 g/mol. The molecule has 1 amide bonds. The van der Waals surface area contributed by atoms with E-state index in [9.17, 15) is 24.3 Å². The summed E-state index contributed by atoms with van der Waals surface area (Å²) in [6, 6.07) is 6.37. The first-order chi connectivity index (χ1) is 20.7. The number of ketones is 1. The number of allylic oxidation sites excluding steroid dienone is 2. The molecule has 0 aliphatic carbocycles. The molecular weight excluding hydrogens is 564 g/mol. The van der Waals surface area contributed by atoms with Crippen LogP contribution in [-0.4, -0.2) is 55.8 Å². The van der Waals surface area contributed by atoms with Crippen LogP contribution in [0, 0.1) is 0 Å². The molecule has 3 aromatic rings. The molecule has 0 aliphatic heterocycles. The molecule has 0 saturated carbocycles. The number of nitrogens with one attached hydrogen (secondary N) is 1. The monoisotopic (exact) mass is 608 g/mol. The van der Waals surface area contributed by atoms with Gasteiger partial charge >= 0.3 is 12.1 Å². The van der Waals surface area contributed by atoms with Crippen LogP contribution in [0.2, 0.25) is 0 Å². The SMILES string of the molecule is CCCC[C@H](CCc1c(C(=O)O)c2ncn(CC(=O)c3cccc(OC)c3)c(=O)c2n1CC=C(C)C)NC(=O)OC(C)(C)C. The van der Waals surface area contributed by atoms with Gasteiger partial charge in [0.2, 0.25) is 0 Å². The fraction of sp³-hybridized carbons (Fsp3) is 0.485. The number of rotatable bonds is 14. The fourth-order valence-electron chi connectivity index (χ4n) is 4.95. The predicted molar refractivity (Wildman–Crippen MR) is 169 cm³/mol. The summed E-state index contributed by atoms with van der Waals surface area (Å²) in [5.74, 6) is -1.01. The third-order valence-corrected chi connectivity index (χ3v) is 7.09. The topological polar surface area (TPSA) is 142 Å². The Hall–Kier alpha value is -4.41. The number of carboxylic acid groups (broad SMARTS) is 1. The highest BCUT2D eigenvalue weighted by Crippen LogP contribution is 2.26. The van der Waals surface area contributed by atoms with Gasteiger partial charge in [0.05, 0.1) is 20.0 Å². The van der Waals surface area contributed by atoms with Gasteiger partial charge in [-0.25, -0.2) is 14.6 Å². The van der Waals surface area contributed by atoms with E-state index in [1.165, 1.54) is 18.0 Å². The van der Waals surface area contributed by atoms with Gasteiger partial charge in [0, 0.05) is 23.8 Å². The molecule has 0 fully saturated rings. The smallest absolute Gasteiger partial charge is 0.407 e. The van der Waals surface area contributed by atoms with Crippen molar-refractivity contribution in [3.05, 3.63) is 69.4 Å². The Kier molecular flexibility index (Phi) is 11.5. The van der Waals surface area contributed by atoms with Crippen molar-refractivity contribution in [1.29, 1.82) is 0 Å². The molecule has 0 aliphatic rings. The highest BCUT2D eigenvalue weighted by molar-refractivity contribution is 6.03. The summed E-state index contributed by atoms with van der Waals surface area (Å²) in [7, 11) is 1.50. The van der Waals surface area contributed by atoms with Gasteiger partial charge in [0.25, 0.3) is 5.56 Å². The third-order valence-electron chi connectivity index (χ3n) is 7.09. The van der Waals surface area contributed by atoms with Gasteiger partial charge in [0.1, 0.15) is 27.9 Å². The molecule has 2 N–H and O–H groups in total. The minimum Gasteiger partial charge on any atom is -0.497 e. The van der Waals surface area contributed by atoms with Gasteiger partial charge in [-0.1, -0.05) is 43.5 Å². The number of ether oxygens (including phenoxy) is 2. The second-order valence-electron chi connectivity index (χ2n) is 12.1. The average Bonchev–Trinajstić information content (AvgIpc) is 3.27. The highest BCUT2D eigenvalue weighted by Gasteiger charge is 2.27. The number of hydrogen-bond acceptors (Lipinski definition) is 7. The number of methoxy groups -OCH3 is 1. The molecular formula is C33H44N4O7. The van der Waals surface area contributed by atoms with E-state index in [0.29, 0.717) is 29.8 Å². The van der Waals surface area contributed by atoms with E-state index in [1.807, 2.05) is 19.9 Å². The van der Waals surface area contributed by atoms with Crippen molar-refractivity contribution >= 4 is 28.9 Å². The summed E-state index contributed by atoms with van der Waals surface area (Å²) in [5, 5.41) is 13.2. The van der Waals surface area contributed by atoms with Crippen molar-refractivity contribution in [3.8, 4) is 5.75 Å². The first-order valence-corrected chi connectivity index (χ1v) is 14.9. The number of carbonyl (C=O) groups excluding carboxylic acids is 2. The molecule has 2 aromatic heterocycles. The van der Waals surface area contributed by atoms with Crippen LogP contribution in [0.15, 0.2) is 47.0 Å². The van der Waals surface area contributed by atoms with E-state index < -0.39 is 23.2 Å². The lowest BCUT2D eigenvalue weighted by molar-refractivity contribution is 0.0497. The molecule has 0 bridgehead atoms. The third kappa shape index (κ3) is 8.81. The number of unbranched alkanes of at least 4 members (excludes halogenated alkanes) is 1. The zero-order valence-electron chi connectivity index (χ0n) is 26.7. The lowest BCUT2D eigenvalue weighted by Gasteiger charge is -2.24. The van der Waals surface area contributed by atoms with Gasteiger partial charge in [0.15, 0.2) is 5.78 Å². The maximum absolute atomic E-state index is 13.9. The number of carboxylic acids is 1. The van der Waals surface area contributed by atoms with Crippen LogP contribution in [0.5, 0.6) is 5.75 Å². The minimum atomic E-state index is -1.21. The first kappa shape index (κ1) is 34.1. The van der Waals surface area contributed by atoms with E-state index in [4.69, 9.17) is 9.47 Å². The lowest BCUT2D eigenvalue weighted by Crippen LogP contribution is -2.39. The van der Waals surface area contributed by atoms with Crippen LogP contribution in [-0.2, 0) is 24.2 Å². The van der Waals surface area contributed by atoms with Crippen molar-refractivity contribution < 1.29 is 29.0 Å². The minimum absolute atomic E-state index is 0.0583. The number of hydrogen-bond donors (Lipinski definition) is 2. The van der Waals surface area contributed by atoms with Crippen LogP contribution in [0.1, 0.15) is 93.6 Å². The Morgan fingerprint density at radius 1 is 1.16 bits per heavy atom. The molecule has 1 aromatic carbocycles. The predicted octanol–water partition coefficient (Wildman–Crippen LogP) is 5.77. The second kappa shape index (κ2) is 14.9. The number of aromatic nitrogens is 3. The van der Waals surface area contributed by atoms with E-state index >= 15 is 0 Å². The van der Waals surface area contributed by atoms with E-state index in [-0.39, 0.29) is 47.9 Å². The summed E-state index contributed by atoms with van der Waals surface area (Å²) in [5.41, 5.74) is 0.730. The van der Waals surface area contributed by atoms with Crippen molar-refractivity contribution in [3.63, 3.8) is 0 Å². The molecule has 11 nitrogen and oxygen atoms in total. The van der Waals surface area contributed by atoms with Crippen LogP contribution in [0.25, 0.3) is 11.0 Å². The Morgan fingerprint density at radius 2 is 1.89 bits per heavy atom. The number of alkyl carbamates (subject to hydrolysis) is 1.